The summed E-state index contributed by atoms with van der Waals surface area (Å²) in [7, 11) is 1.49. The van der Waals surface area contributed by atoms with Crippen LogP contribution in [0.2, 0.25) is 0 Å². The molecule has 0 spiro atoms. The third-order valence-corrected chi connectivity index (χ3v) is 3.81. The number of hydrogen-bond acceptors (Lipinski definition) is 2. The lowest BCUT2D eigenvalue weighted by Crippen LogP contribution is -2.08. The highest BCUT2D eigenvalue weighted by Crippen LogP contribution is 2.24. The Morgan fingerprint density at radius 2 is 1.77 bits per heavy atom. The minimum atomic E-state index is -0.941. The molecule has 0 aliphatic heterocycles. The van der Waals surface area contributed by atoms with E-state index < -0.39 is 5.97 Å². The third-order valence-electron chi connectivity index (χ3n) is 3.81. The third kappa shape index (κ3) is 3.55. The number of carboxylic acid groups (broad SMARTS) is 1. The van der Waals surface area contributed by atoms with Gasteiger partial charge in [-0.05, 0) is 36.1 Å². The molecule has 0 aliphatic carbocycles. The molecule has 2 aromatic rings. The topological polar surface area (TPSA) is 46.5 Å². The summed E-state index contributed by atoms with van der Waals surface area (Å²) in [4.78, 5) is 11.4. The Morgan fingerprint density at radius 1 is 1.09 bits per heavy atom. The first-order valence-corrected chi connectivity index (χ1v) is 7.15. The van der Waals surface area contributed by atoms with Gasteiger partial charge < -0.3 is 9.84 Å². The number of aliphatic carboxylic acids is 1. The lowest BCUT2D eigenvalue weighted by molar-refractivity contribution is -0.133. The fraction of sp³-hybridized carbons (Fsp3) is 0.211. The maximum absolute atomic E-state index is 11.4. The van der Waals surface area contributed by atoms with Crippen LogP contribution in [0.3, 0.4) is 0 Å². The SMILES string of the molecule is COC(C)=C(Cc1cc(-c2ccccc2)ccc1C)C(=O)O. The monoisotopic (exact) mass is 296 g/mol. The minimum absolute atomic E-state index is 0.288. The van der Waals surface area contributed by atoms with Gasteiger partial charge >= 0.3 is 5.97 Å². The van der Waals surface area contributed by atoms with Gasteiger partial charge in [-0.2, -0.15) is 0 Å². The molecule has 1 N–H and O–H groups in total. The summed E-state index contributed by atoms with van der Waals surface area (Å²) in [5.74, 6) is -0.499. The molecule has 0 bridgehead atoms. The van der Waals surface area contributed by atoms with Crippen molar-refractivity contribution in [3.8, 4) is 11.1 Å². The van der Waals surface area contributed by atoms with E-state index in [2.05, 4.69) is 12.1 Å². The van der Waals surface area contributed by atoms with Crippen molar-refractivity contribution < 1.29 is 14.6 Å². The van der Waals surface area contributed by atoms with Crippen LogP contribution in [0.25, 0.3) is 11.1 Å². The normalized spacial score (nSPS) is 11.8. The van der Waals surface area contributed by atoms with Crippen molar-refractivity contribution >= 4 is 5.97 Å². The summed E-state index contributed by atoms with van der Waals surface area (Å²) in [6.45, 7) is 3.67. The molecule has 0 saturated heterocycles. The number of aryl methyl sites for hydroxylation is 1. The lowest BCUT2D eigenvalue weighted by atomic mass is 9.95. The second-order valence-electron chi connectivity index (χ2n) is 5.23. The number of allylic oxidation sites excluding steroid dienone is 1. The smallest absolute Gasteiger partial charge is 0.335 e. The van der Waals surface area contributed by atoms with Crippen LogP contribution in [-0.2, 0) is 16.0 Å². The molecule has 3 heteroatoms. The number of hydrogen-bond donors (Lipinski definition) is 1. The summed E-state index contributed by atoms with van der Waals surface area (Å²) in [6, 6.07) is 16.2. The van der Waals surface area contributed by atoms with E-state index in [9.17, 15) is 9.90 Å². The number of methoxy groups -OCH3 is 1. The van der Waals surface area contributed by atoms with Crippen LogP contribution in [0, 0.1) is 6.92 Å². The lowest BCUT2D eigenvalue weighted by Gasteiger charge is -2.12. The quantitative estimate of drug-likeness (QED) is 0.664. The maximum Gasteiger partial charge on any atom is 0.335 e. The minimum Gasteiger partial charge on any atom is -0.501 e. The standard InChI is InChI=1S/C19H20O3/c1-13-9-10-16(15-7-5-4-6-8-15)11-17(13)12-18(19(20)21)14(2)22-3/h4-11H,12H2,1-3H3,(H,20,21). The Balaban J connectivity index is 2.41. The fourth-order valence-corrected chi connectivity index (χ4v) is 2.34. The van der Waals surface area contributed by atoms with Gasteiger partial charge in [-0.3, -0.25) is 0 Å². The molecule has 22 heavy (non-hydrogen) atoms. The number of benzene rings is 2. The van der Waals surface area contributed by atoms with E-state index in [4.69, 9.17) is 4.74 Å². The van der Waals surface area contributed by atoms with Gasteiger partial charge in [0.2, 0.25) is 0 Å². The highest BCUT2D eigenvalue weighted by Gasteiger charge is 2.15. The molecular weight excluding hydrogens is 276 g/mol. The van der Waals surface area contributed by atoms with Crippen LogP contribution in [0.5, 0.6) is 0 Å². The summed E-state index contributed by atoms with van der Waals surface area (Å²) in [6.07, 6.45) is 0.349. The largest absolute Gasteiger partial charge is 0.501 e. The fourth-order valence-electron chi connectivity index (χ4n) is 2.34. The molecule has 0 aliphatic rings. The predicted molar refractivity (Wildman–Crippen MR) is 87.7 cm³/mol. The average molecular weight is 296 g/mol. The van der Waals surface area contributed by atoms with Gasteiger partial charge in [-0.1, -0.05) is 48.5 Å². The molecule has 0 aromatic heterocycles. The summed E-state index contributed by atoms with van der Waals surface area (Å²) in [5, 5.41) is 9.38. The molecule has 0 atom stereocenters. The van der Waals surface area contributed by atoms with Crippen LogP contribution in [0.15, 0.2) is 59.9 Å². The number of ether oxygens (including phenoxy) is 1. The van der Waals surface area contributed by atoms with Crippen molar-refractivity contribution in [2.24, 2.45) is 0 Å². The van der Waals surface area contributed by atoms with Crippen molar-refractivity contribution in [1.29, 1.82) is 0 Å². The molecule has 0 fully saturated rings. The van der Waals surface area contributed by atoms with Crippen molar-refractivity contribution in [2.75, 3.05) is 7.11 Å². The van der Waals surface area contributed by atoms with E-state index in [1.165, 1.54) is 7.11 Å². The summed E-state index contributed by atoms with van der Waals surface area (Å²) < 4.78 is 5.10. The Kier molecular flexibility index (Phi) is 4.99. The molecule has 2 rings (SSSR count). The molecule has 0 radical (unpaired) electrons. The Labute approximate surface area is 130 Å². The zero-order valence-corrected chi connectivity index (χ0v) is 13.1. The van der Waals surface area contributed by atoms with Crippen molar-refractivity contribution in [3.05, 3.63) is 71.0 Å². The van der Waals surface area contributed by atoms with Gasteiger partial charge in [0.15, 0.2) is 0 Å². The van der Waals surface area contributed by atoms with Crippen LogP contribution in [0.4, 0.5) is 0 Å². The zero-order valence-electron chi connectivity index (χ0n) is 13.1. The van der Waals surface area contributed by atoms with Crippen molar-refractivity contribution in [2.45, 2.75) is 20.3 Å². The summed E-state index contributed by atoms with van der Waals surface area (Å²) in [5.41, 5.74) is 4.56. The van der Waals surface area contributed by atoms with Crippen LogP contribution in [0.1, 0.15) is 18.1 Å². The molecule has 3 nitrogen and oxygen atoms in total. The van der Waals surface area contributed by atoms with E-state index in [1.54, 1.807) is 6.92 Å². The van der Waals surface area contributed by atoms with Gasteiger partial charge in [0.05, 0.1) is 12.7 Å². The second-order valence-corrected chi connectivity index (χ2v) is 5.23. The highest BCUT2D eigenvalue weighted by atomic mass is 16.5. The van der Waals surface area contributed by atoms with E-state index in [1.807, 2.05) is 43.3 Å². The number of carboxylic acids is 1. The van der Waals surface area contributed by atoms with Gasteiger partial charge in [0.1, 0.15) is 5.76 Å². The first-order valence-electron chi connectivity index (χ1n) is 7.15. The van der Waals surface area contributed by atoms with Gasteiger partial charge in [-0.15, -0.1) is 0 Å². The molecule has 0 heterocycles. The van der Waals surface area contributed by atoms with Gasteiger partial charge in [-0.25, -0.2) is 4.79 Å². The summed E-state index contributed by atoms with van der Waals surface area (Å²) >= 11 is 0. The second kappa shape index (κ2) is 6.94. The van der Waals surface area contributed by atoms with E-state index in [-0.39, 0.29) is 5.57 Å². The van der Waals surface area contributed by atoms with E-state index in [0.29, 0.717) is 12.2 Å². The number of carbonyl (C=O) groups is 1. The Bertz CT molecular complexity index is 700. The number of rotatable bonds is 5. The van der Waals surface area contributed by atoms with Crippen molar-refractivity contribution in [3.63, 3.8) is 0 Å². The Hall–Kier alpha value is -2.55. The maximum atomic E-state index is 11.4. The molecule has 0 amide bonds. The highest BCUT2D eigenvalue weighted by molar-refractivity contribution is 5.87. The molecule has 0 saturated carbocycles. The van der Waals surface area contributed by atoms with Gasteiger partial charge in [0, 0.05) is 6.42 Å². The van der Waals surface area contributed by atoms with Crippen LogP contribution < -0.4 is 0 Å². The molecule has 2 aromatic carbocycles. The predicted octanol–water partition coefficient (Wildman–Crippen LogP) is 4.21. The average Bonchev–Trinajstić information content (AvgIpc) is 2.54. The van der Waals surface area contributed by atoms with E-state index >= 15 is 0 Å². The van der Waals surface area contributed by atoms with Crippen LogP contribution in [-0.4, -0.2) is 18.2 Å². The van der Waals surface area contributed by atoms with Gasteiger partial charge in [0.25, 0.3) is 0 Å². The first-order chi connectivity index (χ1) is 10.5. The molecular formula is C19H20O3. The van der Waals surface area contributed by atoms with Crippen LogP contribution >= 0.6 is 0 Å². The van der Waals surface area contributed by atoms with E-state index in [0.717, 1.165) is 22.3 Å². The first kappa shape index (κ1) is 15.8. The molecule has 0 unspecified atom stereocenters. The zero-order chi connectivity index (χ0) is 16.1. The van der Waals surface area contributed by atoms with Crippen molar-refractivity contribution in [1.82, 2.24) is 0 Å². The molecule has 114 valence electrons. The Morgan fingerprint density at radius 3 is 2.36 bits per heavy atom.